The monoisotopic (exact) mass is 414 g/mol. The number of carbonyl (C=O) groups is 1. The van der Waals surface area contributed by atoms with Gasteiger partial charge in [0, 0.05) is 4.88 Å². The van der Waals surface area contributed by atoms with Gasteiger partial charge in [0.15, 0.2) is 5.78 Å². The number of aryl methyl sites for hydroxylation is 1. The van der Waals surface area contributed by atoms with Crippen LogP contribution in [-0.2, 0) is 16.0 Å². The minimum atomic E-state index is -0.475. The van der Waals surface area contributed by atoms with Crippen molar-refractivity contribution in [2.75, 3.05) is 0 Å². The first kappa shape index (κ1) is 18.4. The first-order valence-corrected chi connectivity index (χ1v) is 11.0. The van der Waals surface area contributed by atoms with Crippen LogP contribution in [0.15, 0.2) is 36.1 Å². The summed E-state index contributed by atoms with van der Waals surface area (Å²) in [5.74, 6) is -0.273. The largest absolute Gasteiger partial charge is 0.511 e. The van der Waals surface area contributed by atoms with E-state index in [1.165, 1.54) is 11.3 Å². The number of hydrogen-bond acceptors (Lipinski definition) is 4. The Balaban J connectivity index is 1.67. The summed E-state index contributed by atoms with van der Waals surface area (Å²) in [6, 6.07) is 10.0. The van der Waals surface area contributed by atoms with E-state index in [2.05, 4.69) is 19.1 Å². The molecule has 3 nitrogen and oxygen atoms in total. The van der Waals surface area contributed by atoms with Gasteiger partial charge in [0.25, 0.3) is 0 Å². The molecule has 3 aliphatic rings. The minimum absolute atomic E-state index is 0.0319. The number of ether oxygens (including phenoxy) is 1. The van der Waals surface area contributed by atoms with Crippen molar-refractivity contribution in [2.45, 2.75) is 51.2 Å². The summed E-state index contributed by atoms with van der Waals surface area (Å²) in [5.41, 5.74) is 2.52. The molecule has 146 valence electrons. The molecule has 5 rings (SSSR count). The molecule has 3 heterocycles. The Morgan fingerprint density at radius 1 is 1.18 bits per heavy atom. The van der Waals surface area contributed by atoms with Crippen molar-refractivity contribution >= 4 is 34.3 Å². The van der Waals surface area contributed by atoms with Gasteiger partial charge in [-0.3, -0.25) is 4.79 Å². The van der Waals surface area contributed by atoms with E-state index in [1.807, 2.05) is 32.0 Å². The molecule has 0 amide bonds. The highest BCUT2D eigenvalue weighted by Gasteiger charge is 2.69. The maximum atomic E-state index is 13.5. The van der Waals surface area contributed by atoms with E-state index in [-0.39, 0.29) is 23.4 Å². The average molecular weight is 415 g/mol. The topological polar surface area (TPSA) is 46.5 Å². The number of carbonyl (C=O) groups excluding carboxylic acids is 1. The summed E-state index contributed by atoms with van der Waals surface area (Å²) in [7, 11) is 0. The van der Waals surface area contributed by atoms with Crippen LogP contribution in [0.25, 0.3) is 16.0 Å². The molecule has 4 atom stereocenters. The number of aliphatic hydroxyl groups is 1. The van der Waals surface area contributed by atoms with Gasteiger partial charge in [-0.2, -0.15) is 0 Å². The number of aliphatic hydroxyl groups excluding tert-OH is 1. The zero-order valence-electron chi connectivity index (χ0n) is 16.2. The van der Waals surface area contributed by atoms with Gasteiger partial charge in [-0.15, -0.1) is 11.3 Å². The van der Waals surface area contributed by atoms with E-state index in [0.29, 0.717) is 5.57 Å². The number of hydrogen-bond donors (Lipinski definition) is 1. The highest BCUT2D eigenvalue weighted by atomic mass is 35.5. The van der Waals surface area contributed by atoms with Crippen LogP contribution in [0, 0.1) is 11.8 Å². The number of fused-ring (bicyclic) bond motifs is 5. The smallest absolute Gasteiger partial charge is 0.173 e. The predicted molar refractivity (Wildman–Crippen MR) is 113 cm³/mol. The summed E-state index contributed by atoms with van der Waals surface area (Å²) in [4.78, 5) is 14.6. The number of benzene rings is 1. The van der Waals surface area contributed by atoms with Gasteiger partial charge in [-0.1, -0.05) is 30.7 Å². The molecule has 2 fully saturated rings. The van der Waals surface area contributed by atoms with Gasteiger partial charge < -0.3 is 9.84 Å². The molecule has 2 aromatic rings. The van der Waals surface area contributed by atoms with E-state index in [1.54, 1.807) is 0 Å². The lowest BCUT2D eigenvalue weighted by molar-refractivity contribution is -0.121. The first-order valence-electron chi connectivity index (χ1n) is 9.84. The number of thiophene rings is 1. The van der Waals surface area contributed by atoms with Crippen LogP contribution in [0.4, 0.5) is 0 Å². The summed E-state index contributed by atoms with van der Waals surface area (Å²) < 4.78 is 7.00. The van der Waals surface area contributed by atoms with Crippen molar-refractivity contribution in [1.82, 2.24) is 0 Å². The van der Waals surface area contributed by atoms with E-state index in [9.17, 15) is 9.90 Å². The van der Waals surface area contributed by atoms with Crippen molar-refractivity contribution in [3.05, 3.63) is 51.6 Å². The lowest BCUT2D eigenvalue weighted by atomic mass is 9.68. The summed E-state index contributed by atoms with van der Waals surface area (Å²) in [6.07, 6.45) is 2.54. The lowest BCUT2D eigenvalue weighted by Gasteiger charge is -2.30. The molecule has 0 radical (unpaired) electrons. The highest BCUT2D eigenvalue weighted by Crippen LogP contribution is 2.63. The third-order valence-corrected chi connectivity index (χ3v) is 8.21. The maximum absolute atomic E-state index is 13.5. The fraction of sp³-hybridized carbons (Fsp3) is 0.435. The SMILES string of the molecule is CCc1ccc(-c2ccc(Cl)s2)cc1C1=C(O)[C@H]2[C@@H](C1=O)[C@]1(C)CC[C@@]2(C)O1. The summed E-state index contributed by atoms with van der Waals surface area (Å²) >= 11 is 7.63. The van der Waals surface area contributed by atoms with E-state index in [4.69, 9.17) is 16.3 Å². The summed E-state index contributed by atoms with van der Waals surface area (Å²) in [6.45, 7) is 6.15. The Morgan fingerprint density at radius 3 is 2.50 bits per heavy atom. The number of Topliss-reactive ketones (excluding diaryl/α,β-unsaturated/α-hetero) is 1. The van der Waals surface area contributed by atoms with Crippen LogP contribution in [0.3, 0.4) is 0 Å². The molecular weight excluding hydrogens is 392 g/mol. The molecule has 2 aliphatic heterocycles. The van der Waals surface area contributed by atoms with Crippen molar-refractivity contribution in [3.63, 3.8) is 0 Å². The fourth-order valence-corrected chi connectivity index (χ4v) is 6.64. The molecule has 28 heavy (non-hydrogen) atoms. The first-order chi connectivity index (χ1) is 13.3. The quantitative estimate of drug-likeness (QED) is 0.664. The van der Waals surface area contributed by atoms with Crippen LogP contribution in [0.5, 0.6) is 0 Å². The number of rotatable bonds is 3. The Labute approximate surface area is 174 Å². The Hall–Kier alpha value is -1.62. The van der Waals surface area contributed by atoms with Gasteiger partial charge in [0.05, 0.1) is 32.9 Å². The number of allylic oxidation sites excluding steroid dienone is 1. The standard InChI is InChI=1S/C23H23ClO3S/c1-4-12-5-6-13(15-7-8-16(24)28-15)11-14(12)17-20(25)18-19(21(17)26)23(3)10-9-22(18,2)27-23/h5-8,11,18-19,25H,4,9-10H2,1-3H3/t18-,19+,22-,23+/m1/s1. The van der Waals surface area contributed by atoms with Gasteiger partial charge in [0.2, 0.25) is 0 Å². The maximum Gasteiger partial charge on any atom is 0.173 e. The molecule has 0 unspecified atom stereocenters. The number of halogens is 1. The zero-order chi connectivity index (χ0) is 19.8. The van der Waals surface area contributed by atoms with Crippen LogP contribution in [-0.4, -0.2) is 22.1 Å². The second-order valence-electron chi connectivity index (χ2n) is 8.64. The van der Waals surface area contributed by atoms with Gasteiger partial charge in [0.1, 0.15) is 5.76 Å². The predicted octanol–water partition coefficient (Wildman–Crippen LogP) is 6.06. The molecular formula is C23H23ClO3S. The Kier molecular flexibility index (Phi) is 3.91. The van der Waals surface area contributed by atoms with Crippen LogP contribution in [0.2, 0.25) is 4.34 Å². The Morgan fingerprint density at radius 2 is 1.89 bits per heavy atom. The van der Waals surface area contributed by atoms with E-state index in [0.717, 1.165) is 45.2 Å². The third-order valence-electron chi connectivity index (χ3n) is 6.93. The molecule has 1 aliphatic carbocycles. The van der Waals surface area contributed by atoms with Gasteiger partial charge in [-0.05, 0) is 68.0 Å². The van der Waals surface area contributed by atoms with Gasteiger partial charge >= 0.3 is 0 Å². The molecule has 1 aromatic heterocycles. The average Bonchev–Trinajstić information content (AvgIpc) is 3.35. The summed E-state index contributed by atoms with van der Waals surface area (Å²) in [5, 5.41) is 11.2. The number of ketones is 1. The lowest BCUT2D eigenvalue weighted by Crippen LogP contribution is -2.39. The van der Waals surface area contributed by atoms with Crippen molar-refractivity contribution in [3.8, 4) is 10.4 Å². The molecule has 0 spiro atoms. The second kappa shape index (κ2) is 5.94. The second-order valence-corrected chi connectivity index (χ2v) is 10.4. The van der Waals surface area contributed by atoms with Crippen molar-refractivity contribution in [1.29, 1.82) is 0 Å². The van der Waals surface area contributed by atoms with Gasteiger partial charge in [-0.25, -0.2) is 0 Å². The van der Waals surface area contributed by atoms with Crippen LogP contribution >= 0.6 is 22.9 Å². The molecule has 5 heteroatoms. The van der Waals surface area contributed by atoms with E-state index >= 15 is 0 Å². The van der Waals surface area contributed by atoms with Crippen molar-refractivity contribution < 1.29 is 14.6 Å². The molecule has 2 saturated heterocycles. The third kappa shape index (κ3) is 2.35. The molecule has 0 saturated carbocycles. The zero-order valence-corrected chi connectivity index (χ0v) is 17.8. The van der Waals surface area contributed by atoms with Crippen LogP contribution in [0.1, 0.15) is 44.7 Å². The molecule has 1 aromatic carbocycles. The van der Waals surface area contributed by atoms with Crippen LogP contribution < -0.4 is 0 Å². The fourth-order valence-electron chi connectivity index (χ4n) is 5.60. The highest BCUT2D eigenvalue weighted by molar-refractivity contribution is 7.19. The van der Waals surface area contributed by atoms with E-state index < -0.39 is 11.2 Å². The molecule has 2 bridgehead atoms. The molecule has 1 N–H and O–H groups in total. The Bertz CT molecular complexity index is 1040. The normalized spacial score (nSPS) is 33.8. The van der Waals surface area contributed by atoms with Crippen molar-refractivity contribution in [2.24, 2.45) is 11.8 Å². The minimum Gasteiger partial charge on any atom is -0.511 e.